The molecule has 2 saturated heterocycles. The maximum absolute atomic E-state index is 13.4. The van der Waals surface area contributed by atoms with Gasteiger partial charge in [-0.25, -0.2) is 4.39 Å². The summed E-state index contributed by atoms with van der Waals surface area (Å²) in [5.74, 6) is 0.150. The second-order valence-corrected chi connectivity index (χ2v) is 8.30. The molecule has 3 aliphatic rings. The van der Waals surface area contributed by atoms with Crippen LogP contribution < -0.4 is 5.32 Å². The van der Waals surface area contributed by atoms with E-state index in [4.69, 9.17) is 4.74 Å². The van der Waals surface area contributed by atoms with Crippen molar-refractivity contribution in [2.45, 2.75) is 32.1 Å². The number of carbonyl (C=O) groups is 2. The predicted octanol–water partition coefficient (Wildman–Crippen LogP) is 2.15. The monoisotopic (exact) mass is 374 g/mol. The number of carbonyl (C=O) groups excluding carboxylic acids is 2. The number of hydrogen-bond acceptors (Lipinski definition) is 3. The van der Waals surface area contributed by atoms with Crippen molar-refractivity contribution in [1.82, 2.24) is 10.2 Å². The number of likely N-dealkylation sites (tertiary alicyclic amines) is 1. The van der Waals surface area contributed by atoms with E-state index < -0.39 is 0 Å². The van der Waals surface area contributed by atoms with Crippen LogP contribution >= 0.6 is 0 Å². The Balaban J connectivity index is 1.45. The standard InChI is InChI=1S/C21H27FN2O3/c22-17-3-1-2-16(10-17)11-19(25)24-13-18(20(26)23-12-15-4-5-15)21(14-24)6-8-27-9-7-21/h1-3,10,15,18H,4-9,11-14H2,(H,23,26)/t18-/m1/s1. The summed E-state index contributed by atoms with van der Waals surface area (Å²) >= 11 is 0. The van der Waals surface area contributed by atoms with Gasteiger partial charge in [-0.1, -0.05) is 12.1 Å². The van der Waals surface area contributed by atoms with Crippen molar-refractivity contribution in [1.29, 1.82) is 0 Å². The summed E-state index contributed by atoms with van der Waals surface area (Å²) in [6, 6.07) is 6.16. The van der Waals surface area contributed by atoms with Crippen LogP contribution in [0.3, 0.4) is 0 Å². The molecule has 4 rings (SSSR count). The van der Waals surface area contributed by atoms with Crippen LogP contribution in [0.2, 0.25) is 0 Å². The van der Waals surface area contributed by atoms with Crippen molar-refractivity contribution in [2.24, 2.45) is 17.3 Å². The van der Waals surface area contributed by atoms with Crippen molar-refractivity contribution in [2.75, 3.05) is 32.8 Å². The molecule has 27 heavy (non-hydrogen) atoms. The molecule has 0 bridgehead atoms. The molecule has 2 amide bonds. The second-order valence-electron chi connectivity index (χ2n) is 8.30. The first-order valence-corrected chi connectivity index (χ1v) is 9.93. The van der Waals surface area contributed by atoms with E-state index in [-0.39, 0.29) is 35.4 Å². The Morgan fingerprint density at radius 2 is 2.04 bits per heavy atom. The van der Waals surface area contributed by atoms with Crippen molar-refractivity contribution in [3.63, 3.8) is 0 Å². The zero-order chi connectivity index (χ0) is 18.9. The summed E-state index contributed by atoms with van der Waals surface area (Å²) in [7, 11) is 0. The minimum atomic E-state index is -0.333. The molecule has 146 valence electrons. The van der Waals surface area contributed by atoms with E-state index in [1.165, 1.54) is 25.0 Å². The Bertz CT molecular complexity index is 713. The Morgan fingerprint density at radius 1 is 1.26 bits per heavy atom. The molecule has 3 fully saturated rings. The number of halogens is 1. The van der Waals surface area contributed by atoms with Gasteiger partial charge in [0.2, 0.25) is 11.8 Å². The molecule has 1 N–H and O–H groups in total. The van der Waals surface area contributed by atoms with Gasteiger partial charge in [-0.3, -0.25) is 9.59 Å². The van der Waals surface area contributed by atoms with Crippen LogP contribution in [-0.2, 0) is 20.7 Å². The zero-order valence-corrected chi connectivity index (χ0v) is 15.6. The number of rotatable bonds is 5. The summed E-state index contributed by atoms with van der Waals surface area (Å²) in [6.07, 6.45) is 4.17. The van der Waals surface area contributed by atoms with Crippen LogP contribution in [0, 0.1) is 23.1 Å². The third kappa shape index (κ3) is 4.15. The summed E-state index contributed by atoms with van der Waals surface area (Å²) < 4.78 is 18.9. The first-order chi connectivity index (χ1) is 13.1. The highest BCUT2D eigenvalue weighted by atomic mass is 19.1. The van der Waals surface area contributed by atoms with Gasteiger partial charge >= 0.3 is 0 Å². The smallest absolute Gasteiger partial charge is 0.227 e. The lowest BCUT2D eigenvalue weighted by Crippen LogP contribution is -2.44. The molecule has 0 unspecified atom stereocenters. The van der Waals surface area contributed by atoms with Gasteiger partial charge in [0.25, 0.3) is 0 Å². The molecule has 5 nitrogen and oxygen atoms in total. The number of nitrogens with zero attached hydrogens (tertiary/aromatic N) is 1. The zero-order valence-electron chi connectivity index (χ0n) is 15.6. The molecule has 1 atom stereocenters. The molecular formula is C21H27FN2O3. The van der Waals surface area contributed by atoms with Crippen LogP contribution in [0.1, 0.15) is 31.2 Å². The maximum Gasteiger partial charge on any atom is 0.227 e. The highest BCUT2D eigenvalue weighted by Crippen LogP contribution is 2.44. The van der Waals surface area contributed by atoms with Crippen LogP contribution in [0.5, 0.6) is 0 Å². The van der Waals surface area contributed by atoms with Crippen molar-refractivity contribution < 1.29 is 18.7 Å². The number of amides is 2. The minimum Gasteiger partial charge on any atom is -0.381 e. The lowest BCUT2D eigenvalue weighted by Gasteiger charge is -2.37. The Morgan fingerprint density at radius 3 is 2.74 bits per heavy atom. The Hall–Kier alpha value is -1.95. The van der Waals surface area contributed by atoms with Gasteiger partial charge in [-0.15, -0.1) is 0 Å². The lowest BCUT2D eigenvalue weighted by atomic mass is 9.71. The molecule has 0 aromatic heterocycles. The molecule has 2 heterocycles. The fraction of sp³-hybridized carbons (Fsp3) is 0.619. The molecular weight excluding hydrogens is 347 g/mol. The van der Waals surface area contributed by atoms with Crippen molar-refractivity contribution >= 4 is 11.8 Å². The van der Waals surface area contributed by atoms with Gasteiger partial charge in [0.1, 0.15) is 5.82 Å². The molecule has 6 heteroatoms. The first kappa shape index (κ1) is 18.4. The number of nitrogens with one attached hydrogen (secondary N) is 1. The molecule has 0 radical (unpaired) electrons. The molecule has 1 saturated carbocycles. The van der Waals surface area contributed by atoms with Crippen LogP contribution in [0.15, 0.2) is 24.3 Å². The third-order valence-corrected chi connectivity index (χ3v) is 6.31. The number of benzene rings is 1. The van der Waals surface area contributed by atoms with Crippen molar-refractivity contribution in [3.8, 4) is 0 Å². The van der Waals surface area contributed by atoms with E-state index in [0.29, 0.717) is 37.8 Å². The topological polar surface area (TPSA) is 58.6 Å². The predicted molar refractivity (Wildman–Crippen MR) is 98.4 cm³/mol. The lowest BCUT2D eigenvalue weighted by molar-refractivity contribution is -0.130. The van der Waals surface area contributed by atoms with Gasteiger partial charge in [-0.2, -0.15) is 0 Å². The summed E-state index contributed by atoms with van der Waals surface area (Å²) in [6.45, 7) is 3.06. The van der Waals surface area contributed by atoms with Crippen molar-refractivity contribution in [3.05, 3.63) is 35.6 Å². The summed E-state index contributed by atoms with van der Waals surface area (Å²) in [5, 5.41) is 3.11. The van der Waals surface area contributed by atoms with E-state index in [1.807, 2.05) is 0 Å². The van der Waals surface area contributed by atoms with E-state index in [1.54, 1.807) is 17.0 Å². The SMILES string of the molecule is O=C(NCC1CC1)[C@H]1CN(C(=O)Cc2cccc(F)c2)CC12CCOCC2. The maximum atomic E-state index is 13.4. The highest BCUT2D eigenvalue weighted by Gasteiger charge is 2.51. The fourth-order valence-corrected chi connectivity index (χ4v) is 4.43. The molecule has 1 aromatic carbocycles. The Kier molecular flexibility index (Phi) is 5.17. The van der Waals surface area contributed by atoms with Crippen LogP contribution in [0.4, 0.5) is 4.39 Å². The van der Waals surface area contributed by atoms with Gasteiger partial charge < -0.3 is 15.0 Å². The highest BCUT2D eigenvalue weighted by molar-refractivity contribution is 5.84. The molecule has 1 aliphatic carbocycles. The third-order valence-electron chi connectivity index (χ3n) is 6.31. The van der Waals surface area contributed by atoms with E-state index in [2.05, 4.69) is 5.32 Å². The summed E-state index contributed by atoms with van der Waals surface area (Å²) in [5.41, 5.74) is 0.478. The second kappa shape index (κ2) is 7.58. The average molecular weight is 374 g/mol. The molecule has 1 aromatic rings. The average Bonchev–Trinajstić information content (AvgIpc) is 3.42. The van der Waals surface area contributed by atoms with Crippen LogP contribution in [0.25, 0.3) is 0 Å². The van der Waals surface area contributed by atoms with Gasteiger partial charge in [0.05, 0.1) is 12.3 Å². The van der Waals surface area contributed by atoms with Gasteiger partial charge in [-0.05, 0) is 49.3 Å². The minimum absolute atomic E-state index is 0.0380. The first-order valence-electron chi connectivity index (χ1n) is 9.93. The van der Waals surface area contributed by atoms with E-state index in [0.717, 1.165) is 19.4 Å². The number of hydrogen-bond donors (Lipinski definition) is 1. The largest absolute Gasteiger partial charge is 0.381 e. The normalized spacial score (nSPS) is 24.2. The fourth-order valence-electron chi connectivity index (χ4n) is 4.43. The van der Waals surface area contributed by atoms with Crippen LogP contribution in [-0.4, -0.2) is 49.6 Å². The Labute approximate surface area is 159 Å². The number of ether oxygens (including phenoxy) is 1. The summed E-state index contributed by atoms with van der Waals surface area (Å²) in [4.78, 5) is 27.5. The van der Waals surface area contributed by atoms with E-state index in [9.17, 15) is 14.0 Å². The van der Waals surface area contributed by atoms with Gasteiger partial charge in [0.15, 0.2) is 0 Å². The quantitative estimate of drug-likeness (QED) is 0.859. The molecule has 1 spiro atoms. The van der Waals surface area contributed by atoms with E-state index >= 15 is 0 Å². The van der Waals surface area contributed by atoms with Gasteiger partial charge in [0, 0.05) is 38.3 Å². The molecule has 2 aliphatic heterocycles.